The maximum absolute atomic E-state index is 13.5. The second kappa shape index (κ2) is 8.17. The number of pyridine rings is 1. The highest BCUT2D eigenvalue weighted by Gasteiger charge is 2.32. The number of nitrogens with two attached hydrogens (primary N) is 1. The quantitative estimate of drug-likeness (QED) is 0.488. The van der Waals surface area contributed by atoms with Gasteiger partial charge < -0.3 is 20.1 Å². The summed E-state index contributed by atoms with van der Waals surface area (Å²) in [5.41, 5.74) is 8.50. The van der Waals surface area contributed by atoms with E-state index in [1.54, 1.807) is 41.0 Å². The van der Waals surface area contributed by atoms with Crippen molar-refractivity contribution in [3.8, 4) is 5.75 Å². The first-order valence-corrected chi connectivity index (χ1v) is 10.5. The van der Waals surface area contributed by atoms with Crippen molar-refractivity contribution < 1.29 is 27.4 Å². The molecule has 2 aromatic heterocycles. The van der Waals surface area contributed by atoms with E-state index < -0.39 is 12.4 Å². The van der Waals surface area contributed by atoms with Crippen molar-refractivity contribution in [1.29, 1.82) is 0 Å². The van der Waals surface area contributed by atoms with Gasteiger partial charge in [0.2, 0.25) is 0 Å². The van der Waals surface area contributed by atoms with Crippen LogP contribution in [0.4, 0.5) is 19.0 Å². The fourth-order valence-electron chi connectivity index (χ4n) is 4.28. The zero-order valence-electron chi connectivity index (χ0n) is 18.0. The molecule has 8 nitrogen and oxygen atoms in total. The van der Waals surface area contributed by atoms with Crippen LogP contribution in [0.2, 0.25) is 0 Å². The number of morpholine rings is 1. The molecular weight excluding hydrogens is 451 g/mol. The third-order valence-electron chi connectivity index (χ3n) is 5.84. The van der Waals surface area contributed by atoms with Gasteiger partial charge in [-0.25, -0.2) is 4.98 Å². The van der Waals surface area contributed by atoms with Crippen LogP contribution in [0.15, 0.2) is 48.7 Å². The minimum Gasteiger partial charge on any atom is -0.406 e. The van der Waals surface area contributed by atoms with Crippen LogP contribution in [0.1, 0.15) is 22.0 Å². The largest absolute Gasteiger partial charge is 0.573 e. The van der Waals surface area contributed by atoms with Crippen LogP contribution >= 0.6 is 0 Å². The topological polar surface area (TPSA) is 95.5 Å². The Kier molecular flexibility index (Phi) is 5.28. The zero-order valence-corrected chi connectivity index (χ0v) is 18.0. The first kappa shape index (κ1) is 22.0. The predicted molar refractivity (Wildman–Crippen MR) is 118 cm³/mol. The molecule has 0 aliphatic carbocycles. The van der Waals surface area contributed by atoms with Gasteiger partial charge in [0.1, 0.15) is 17.1 Å². The summed E-state index contributed by atoms with van der Waals surface area (Å²) in [4.78, 5) is 19.6. The number of amides is 1. The number of hydrogen-bond acceptors (Lipinski definition) is 6. The van der Waals surface area contributed by atoms with Crippen LogP contribution in [-0.2, 0) is 11.8 Å². The summed E-state index contributed by atoms with van der Waals surface area (Å²) in [5.74, 6) is -0.194. The Morgan fingerprint density at radius 1 is 1.18 bits per heavy atom. The highest BCUT2D eigenvalue weighted by molar-refractivity contribution is 6.10. The fourth-order valence-corrected chi connectivity index (χ4v) is 4.28. The summed E-state index contributed by atoms with van der Waals surface area (Å²) >= 11 is 0. The molecular formula is C23H20F3N5O3. The minimum absolute atomic E-state index is 0.223. The van der Waals surface area contributed by atoms with Crippen molar-refractivity contribution in [1.82, 2.24) is 19.7 Å². The van der Waals surface area contributed by atoms with Gasteiger partial charge in [-0.05, 0) is 35.9 Å². The lowest BCUT2D eigenvalue weighted by Gasteiger charge is -2.36. The van der Waals surface area contributed by atoms with Gasteiger partial charge in [-0.3, -0.25) is 9.48 Å². The SMILES string of the molecule is Cn1ncc2c3cc(C(=O)N4CCOC[C@H]4c4ccc(OC(F)(F)F)cc4)ccc3nc(N)c21. The number of carbonyl (C=O) groups excluding carboxylic acids is 1. The molecule has 176 valence electrons. The third kappa shape index (κ3) is 3.98. The molecule has 5 rings (SSSR count). The van der Waals surface area contributed by atoms with Gasteiger partial charge in [0.25, 0.3) is 5.91 Å². The van der Waals surface area contributed by atoms with Crippen molar-refractivity contribution >= 4 is 33.5 Å². The van der Waals surface area contributed by atoms with Crippen molar-refractivity contribution in [2.24, 2.45) is 7.05 Å². The number of alkyl halides is 3. The number of rotatable bonds is 3. The molecule has 1 aliphatic rings. The summed E-state index contributed by atoms with van der Waals surface area (Å²) < 4.78 is 48.6. The van der Waals surface area contributed by atoms with E-state index in [9.17, 15) is 18.0 Å². The number of nitrogens with zero attached hydrogens (tertiary/aromatic N) is 4. The maximum atomic E-state index is 13.5. The zero-order chi connectivity index (χ0) is 24.0. The number of halogens is 3. The number of ether oxygens (including phenoxy) is 2. The minimum atomic E-state index is -4.77. The van der Waals surface area contributed by atoms with Crippen molar-refractivity contribution in [3.63, 3.8) is 0 Å². The Hall–Kier alpha value is -3.86. The first-order chi connectivity index (χ1) is 16.2. The lowest BCUT2D eigenvalue weighted by molar-refractivity contribution is -0.274. The fraction of sp³-hybridized carbons (Fsp3) is 0.261. The number of anilines is 1. The summed E-state index contributed by atoms with van der Waals surface area (Å²) in [6, 6.07) is 10.2. The highest BCUT2D eigenvalue weighted by atomic mass is 19.4. The first-order valence-electron chi connectivity index (χ1n) is 10.5. The van der Waals surface area contributed by atoms with Crippen LogP contribution in [0.3, 0.4) is 0 Å². The van der Waals surface area contributed by atoms with Crippen LogP contribution < -0.4 is 10.5 Å². The van der Waals surface area contributed by atoms with Gasteiger partial charge in [-0.1, -0.05) is 12.1 Å². The van der Waals surface area contributed by atoms with Gasteiger partial charge in [-0.2, -0.15) is 5.10 Å². The Morgan fingerprint density at radius 3 is 2.68 bits per heavy atom. The molecule has 0 bridgehead atoms. The van der Waals surface area contributed by atoms with Crippen molar-refractivity contribution in [2.75, 3.05) is 25.5 Å². The lowest BCUT2D eigenvalue weighted by atomic mass is 10.0. The molecule has 1 saturated heterocycles. The molecule has 2 N–H and O–H groups in total. The summed E-state index contributed by atoms with van der Waals surface area (Å²) in [5, 5.41) is 5.80. The van der Waals surface area contributed by atoms with Crippen LogP contribution in [0.5, 0.6) is 5.75 Å². The van der Waals surface area contributed by atoms with Crippen LogP contribution in [0, 0.1) is 0 Å². The van der Waals surface area contributed by atoms with Crippen molar-refractivity contribution in [2.45, 2.75) is 12.4 Å². The molecule has 0 radical (unpaired) electrons. The van der Waals surface area contributed by atoms with E-state index in [-0.39, 0.29) is 18.3 Å². The number of aryl methyl sites for hydroxylation is 1. The highest BCUT2D eigenvalue weighted by Crippen LogP contribution is 2.32. The van der Waals surface area contributed by atoms with Gasteiger partial charge >= 0.3 is 6.36 Å². The third-order valence-corrected chi connectivity index (χ3v) is 5.84. The van der Waals surface area contributed by atoms with Gasteiger partial charge in [-0.15, -0.1) is 13.2 Å². The Bertz CT molecular complexity index is 1380. The van der Waals surface area contributed by atoms with E-state index in [0.717, 1.165) is 10.8 Å². The average molecular weight is 471 g/mol. The second-order valence-corrected chi connectivity index (χ2v) is 7.97. The average Bonchev–Trinajstić information content (AvgIpc) is 3.20. The van der Waals surface area contributed by atoms with E-state index in [2.05, 4.69) is 14.8 Å². The van der Waals surface area contributed by atoms with E-state index in [4.69, 9.17) is 10.5 Å². The number of fused-ring (bicyclic) bond motifs is 3. The van der Waals surface area contributed by atoms with E-state index in [1.165, 1.54) is 24.3 Å². The summed E-state index contributed by atoms with van der Waals surface area (Å²) in [6.45, 7) is 0.921. The summed E-state index contributed by atoms with van der Waals surface area (Å²) in [6.07, 6.45) is -3.08. The lowest BCUT2D eigenvalue weighted by Crippen LogP contribution is -2.43. The number of aromatic nitrogens is 3. The molecule has 0 saturated carbocycles. The molecule has 1 aliphatic heterocycles. The maximum Gasteiger partial charge on any atom is 0.573 e. The van der Waals surface area contributed by atoms with Crippen molar-refractivity contribution in [3.05, 3.63) is 59.8 Å². The van der Waals surface area contributed by atoms with E-state index in [0.29, 0.717) is 41.1 Å². The summed E-state index contributed by atoms with van der Waals surface area (Å²) in [7, 11) is 1.77. The smallest absolute Gasteiger partial charge is 0.406 e. The number of benzene rings is 2. The van der Waals surface area contributed by atoms with Crippen LogP contribution in [-0.4, -0.2) is 51.7 Å². The molecule has 34 heavy (non-hydrogen) atoms. The van der Waals surface area contributed by atoms with Gasteiger partial charge in [0.15, 0.2) is 0 Å². The monoisotopic (exact) mass is 471 g/mol. The molecule has 1 amide bonds. The number of hydrogen-bond donors (Lipinski definition) is 1. The molecule has 4 aromatic rings. The normalized spacial score (nSPS) is 16.8. The molecule has 2 aromatic carbocycles. The van der Waals surface area contributed by atoms with Gasteiger partial charge in [0, 0.05) is 29.9 Å². The standard InChI is InChI=1S/C23H20F3N5O3/c1-30-20-17(11-28-30)16-10-14(4-7-18(16)29-21(20)27)22(32)31-8-9-33-12-19(31)13-2-5-15(6-3-13)34-23(24,25)26/h2-7,10-11,19H,8-9,12H2,1H3,(H2,27,29)/t19-/m0/s1. The number of carbonyl (C=O) groups is 1. The predicted octanol–water partition coefficient (Wildman–Crippen LogP) is 3.82. The van der Waals surface area contributed by atoms with E-state index >= 15 is 0 Å². The molecule has 0 unspecified atom stereocenters. The Labute approximate surface area is 191 Å². The molecule has 1 atom stereocenters. The number of nitrogen functional groups attached to an aromatic ring is 1. The molecule has 1 fully saturated rings. The van der Waals surface area contributed by atoms with Crippen LogP contribution in [0.25, 0.3) is 21.8 Å². The van der Waals surface area contributed by atoms with E-state index in [1.807, 2.05) is 0 Å². The second-order valence-electron chi connectivity index (χ2n) is 7.97. The Balaban J connectivity index is 1.48. The molecule has 3 heterocycles. The Morgan fingerprint density at radius 2 is 1.94 bits per heavy atom. The molecule has 11 heteroatoms. The van der Waals surface area contributed by atoms with Gasteiger partial charge in [0.05, 0.1) is 31.0 Å². The molecule has 0 spiro atoms.